The molecular formula is C11H17N3. The summed E-state index contributed by atoms with van der Waals surface area (Å²) in [5, 5.41) is 3.32. The van der Waals surface area contributed by atoms with Crippen LogP contribution in [-0.2, 0) is 6.54 Å². The summed E-state index contributed by atoms with van der Waals surface area (Å²) in [6.07, 6.45) is 0.0314. The number of aryl methyl sites for hydroxylation is 1. The Kier molecular flexibility index (Phi) is 2.44. The SMILES string of the molecule is Cc1ccc2c(c1)CN(C)CC(N)N2. The van der Waals surface area contributed by atoms with Crippen LogP contribution in [0.3, 0.4) is 0 Å². The van der Waals surface area contributed by atoms with Crippen molar-refractivity contribution in [2.24, 2.45) is 5.73 Å². The van der Waals surface area contributed by atoms with Crippen LogP contribution in [0.1, 0.15) is 11.1 Å². The Morgan fingerprint density at radius 1 is 1.50 bits per heavy atom. The number of benzene rings is 1. The van der Waals surface area contributed by atoms with E-state index in [1.54, 1.807) is 0 Å². The zero-order chi connectivity index (χ0) is 10.1. The van der Waals surface area contributed by atoms with Crippen LogP contribution in [0.4, 0.5) is 5.69 Å². The van der Waals surface area contributed by atoms with Crippen LogP contribution in [0, 0.1) is 6.92 Å². The number of hydrogen-bond acceptors (Lipinski definition) is 3. The third kappa shape index (κ3) is 1.89. The van der Waals surface area contributed by atoms with E-state index in [4.69, 9.17) is 5.73 Å². The predicted molar refractivity (Wildman–Crippen MR) is 59.1 cm³/mol. The fourth-order valence-corrected chi connectivity index (χ4v) is 1.93. The van der Waals surface area contributed by atoms with Crippen LogP contribution >= 0.6 is 0 Å². The number of nitrogens with one attached hydrogen (secondary N) is 1. The molecule has 0 bridgehead atoms. The Balaban J connectivity index is 2.36. The summed E-state index contributed by atoms with van der Waals surface area (Å²) < 4.78 is 0. The van der Waals surface area contributed by atoms with E-state index < -0.39 is 0 Å². The van der Waals surface area contributed by atoms with Gasteiger partial charge in [-0.2, -0.15) is 0 Å². The van der Waals surface area contributed by atoms with Gasteiger partial charge in [0, 0.05) is 18.8 Å². The zero-order valence-corrected chi connectivity index (χ0v) is 8.75. The largest absolute Gasteiger partial charge is 0.369 e. The number of hydrogen-bond donors (Lipinski definition) is 2. The molecular weight excluding hydrogens is 174 g/mol. The van der Waals surface area contributed by atoms with Crippen molar-refractivity contribution in [1.29, 1.82) is 0 Å². The van der Waals surface area contributed by atoms with Crippen molar-refractivity contribution in [3.8, 4) is 0 Å². The van der Waals surface area contributed by atoms with Gasteiger partial charge in [-0.3, -0.25) is 4.90 Å². The van der Waals surface area contributed by atoms with Crippen molar-refractivity contribution in [2.75, 3.05) is 18.9 Å². The maximum absolute atomic E-state index is 5.93. The van der Waals surface area contributed by atoms with Gasteiger partial charge in [0.15, 0.2) is 0 Å². The van der Waals surface area contributed by atoms with Crippen molar-refractivity contribution in [3.05, 3.63) is 29.3 Å². The lowest BCUT2D eigenvalue weighted by Gasteiger charge is -2.16. The van der Waals surface area contributed by atoms with Crippen LogP contribution in [0.5, 0.6) is 0 Å². The molecule has 14 heavy (non-hydrogen) atoms. The predicted octanol–water partition coefficient (Wildman–Crippen LogP) is 1.14. The Labute approximate surface area is 84.9 Å². The van der Waals surface area contributed by atoms with E-state index in [0.717, 1.165) is 13.1 Å². The van der Waals surface area contributed by atoms with Crippen LogP contribution in [-0.4, -0.2) is 24.7 Å². The molecule has 3 N–H and O–H groups in total. The molecule has 1 unspecified atom stereocenters. The van der Waals surface area contributed by atoms with Gasteiger partial charge < -0.3 is 11.1 Å². The highest BCUT2D eigenvalue weighted by molar-refractivity contribution is 5.53. The zero-order valence-electron chi connectivity index (χ0n) is 8.75. The lowest BCUT2D eigenvalue weighted by molar-refractivity contribution is 0.320. The van der Waals surface area contributed by atoms with Gasteiger partial charge in [0.1, 0.15) is 0 Å². The summed E-state index contributed by atoms with van der Waals surface area (Å²) in [5.41, 5.74) is 9.73. The summed E-state index contributed by atoms with van der Waals surface area (Å²) in [6, 6.07) is 6.45. The summed E-state index contributed by atoms with van der Waals surface area (Å²) in [4.78, 5) is 2.24. The normalized spacial score (nSPS) is 22.4. The molecule has 0 fully saturated rings. The molecule has 0 aliphatic carbocycles. The van der Waals surface area contributed by atoms with E-state index >= 15 is 0 Å². The van der Waals surface area contributed by atoms with Gasteiger partial charge in [0.2, 0.25) is 0 Å². The van der Waals surface area contributed by atoms with Crippen molar-refractivity contribution in [3.63, 3.8) is 0 Å². The van der Waals surface area contributed by atoms with Gasteiger partial charge in [0.25, 0.3) is 0 Å². The quantitative estimate of drug-likeness (QED) is 0.646. The molecule has 0 amide bonds. The van der Waals surface area contributed by atoms with Crippen LogP contribution < -0.4 is 11.1 Å². The van der Waals surface area contributed by atoms with Crippen LogP contribution in [0.15, 0.2) is 18.2 Å². The third-order valence-electron chi connectivity index (χ3n) is 2.55. The summed E-state index contributed by atoms with van der Waals surface area (Å²) in [6.45, 7) is 3.97. The number of anilines is 1. The van der Waals surface area contributed by atoms with Gasteiger partial charge in [0.05, 0.1) is 6.17 Å². The molecule has 1 aliphatic rings. The molecule has 3 nitrogen and oxygen atoms in total. The number of nitrogens with zero attached hydrogens (tertiary/aromatic N) is 1. The first-order valence-corrected chi connectivity index (χ1v) is 4.95. The first kappa shape index (κ1) is 9.49. The Bertz CT molecular complexity index is 335. The second-order valence-corrected chi connectivity index (χ2v) is 4.11. The molecule has 0 saturated heterocycles. The van der Waals surface area contributed by atoms with Gasteiger partial charge in [-0.25, -0.2) is 0 Å². The lowest BCUT2D eigenvalue weighted by atomic mass is 10.1. The maximum atomic E-state index is 5.93. The van der Waals surface area contributed by atoms with E-state index in [0.29, 0.717) is 0 Å². The summed E-state index contributed by atoms with van der Waals surface area (Å²) >= 11 is 0. The fourth-order valence-electron chi connectivity index (χ4n) is 1.93. The molecule has 0 spiro atoms. The van der Waals surface area contributed by atoms with Gasteiger partial charge >= 0.3 is 0 Å². The van der Waals surface area contributed by atoms with Gasteiger partial charge in [-0.05, 0) is 25.6 Å². The highest BCUT2D eigenvalue weighted by Gasteiger charge is 2.15. The molecule has 0 aromatic heterocycles. The van der Waals surface area contributed by atoms with Crippen molar-refractivity contribution < 1.29 is 0 Å². The fraction of sp³-hybridized carbons (Fsp3) is 0.455. The summed E-state index contributed by atoms with van der Waals surface area (Å²) in [7, 11) is 2.10. The van der Waals surface area contributed by atoms with Crippen molar-refractivity contribution >= 4 is 5.69 Å². The molecule has 2 rings (SSSR count). The molecule has 3 heteroatoms. The maximum Gasteiger partial charge on any atom is 0.0873 e. The number of likely N-dealkylation sites (N-methyl/N-ethyl adjacent to an activating group) is 1. The van der Waals surface area contributed by atoms with Gasteiger partial charge in [-0.1, -0.05) is 17.7 Å². The minimum atomic E-state index is 0.0314. The first-order chi connectivity index (χ1) is 6.65. The Morgan fingerprint density at radius 3 is 3.07 bits per heavy atom. The first-order valence-electron chi connectivity index (χ1n) is 4.95. The highest BCUT2D eigenvalue weighted by atomic mass is 15.2. The minimum Gasteiger partial charge on any atom is -0.369 e. The average Bonchev–Trinajstić information content (AvgIpc) is 2.21. The highest BCUT2D eigenvalue weighted by Crippen LogP contribution is 2.21. The minimum absolute atomic E-state index is 0.0314. The summed E-state index contributed by atoms with van der Waals surface area (Å²) in [5.74, 6) is 0. The van der Waals surface area contributed by atoms with E-state index in [-0.39, 0.29) is 6.17 Å². The monoisotopic (exact) mass is 191 g/mol. The van der Waals surface area contributed by atoms with E-state index in [1.807, 2.05) is 0 Å². The molecule has 1 aliphatic heterocycles. The molecule has 76 valence electrons. The molecule has 1 aromatic rings. The number of rotatable bonds is 0. The molecule has 1 aromatic carbocycles. The molecule has 0 saturated carbocycles. The topological polar surface area (TPSA) is 41.3 Å². The molecule has 1 atom stereocenters. The molecule has 0 radical (unpaired) electrons. The van der Waals surface area contributed by atoms with E-state index in [1.165, 1.54) is 16.8 Å². The standard InChI is InChI=1S/C11H17N3/c1-8-3-4-10-9(5-8)6-14(2)7-11(12)13-10/h3-5,11,13H,6-7,12H2,1-2H3. The van der Waals surface area contributed by atoms with E-state index in [2.05, 4.69) is 42.4 Å². The smallest absolute Gasteiger partial charge is 0.0873 e. The van der Waals surface area contributed by atoms with Crippen molar-refractivity contribution in [1.82, 2.24) is 4.90 Å². The van der Waals surface area contributed by atoms with E-state index in [9.17, 15) is 0 Å². The average molecular weight is 191 g/mol. The number of nitrogens with two attached hydrogens (primary N) is 1. The molecule has 1 heterocycles. The third-order valence-corrected chi connectivity index (χ3v) is 2.55. The Hall–Kier alpha value is -1.06. The van der Waals surface area contributed by atoms with Crippen LogP contribution in [0.25, 0.3) is 0 Å². The number of fused-ring (bicyclic) bond motifs is 1. The second kappa shape index (κ2) is 3.59. The Morgan fingerprint density at radius 2 is 2.29 bits per heavy atom. The van der Waals surface area contributed by atoms with Gasteiger partial charge in [-0.15, -0.1) is 0 Å². The van der Waals surface area contributed by atoms with Crippen LogP contribution in [0.2, 0.25) is 0 Å². The lowest BCUT2D eigenvalue weighted by Crippen LogP contribution is -2.38. The second-order valence-electron chi connectivity index (χ2n) is 4.11. The van der Waals surface area contributed by atoms with Crippen molar-refractivity contribution in [2.45, 2.75) is 19.6 Å².